The SMILES string of the molecule is CC[C@H](CNC(=O)c1ccc(C(N)=O)cc1)Oc1cccc(F)c1. The fraction of sp³-hybridized carbons (Fsp3) is 0.222. The van der Waals surface area contributed by atoms with Crippen molar-refractivity contribution in [3.63, 3.8) is 0 Å². The lowest BCUT2D eigenvalue weighted by molar-refractivity contribution is 0.0924. The van der Waals surface area contributed by atoms with Crippen molar-refractivity contribution < 1.29 is 18.7 Å². The number of halogens is 1. The van der Waals surface area contributed by atoms with Gasteiger partial charge in [0.2, 0.25) is 5.91 Å². The van der Waals surface area contributed by atoms with Crippen LogP contribution < -0.4 is 15.8 Å². The van der Waals surface area contributed by atoms with Crippen LogP contribution >= 0.6 is 0 Å². The zero-order valence-electron chi connectivity index (χ0n) is 13.3. The molecule has 0 spiro atoms. The summed E-state index contributed by atoms with van der Waals surface area (Å²) in [4.78, 5) is 23.1. The highest BCUT2D eigenvalue weighted by Gasteiger charge is 2.12. The Kier molecular flexibility index (Phi) is 5.89. The summed E-state index contributed by atoms with van der Waals surface area (Å²) in [6.45, 7) is 2.20. The lowest BCUT2D eigenvalue weighted by Crippen LogP contribution is -2.35. The van der Waals surface area contributed by atoms with Crippen LogP contribution in [-0.2, 0) is 0 Å². The lowest BCUT2D eigenvalue weighted by Gasteiger charge is -2.18. The highest BCUT2D eigenvalue weighted by Crippen LogP contribution is 2.15. The monoisotopic (exact) mass is 330 g/mol. The Morgan fingerprint density at radius 3 is 2.42 bits per heavy atom. The minimum atomic E-state index is -0.545. The Hall–Kier alpha value is -2.89. The van der Waals surface area contributed by atoms with E-state index in [-0.39, 0.29) is 24.4 Å². The number of ether oxygens (including phenoxy) is 1. The molecule has 24 heavy (non-hydrogen) atoms. The summed E-state index contributed by atoms with van der Waals surface area (Å²) in [7, 11) is 0. The standard InChI is InChI=1S/C18H19FN2O3/c1-2-15(24-16-5-3-4-14(19)10-16)11-21-18(23)13-8-6-12(7-9-13)17(20)22/h3-10,15H,2,11H2,1H3,(H2,20,22)(H,21,23)/t15-/m1/s1. The van der Waals surface area contributed by atoms with Crippen LogP contribution in [0.15, 0.2) is 48.5 Å². The molecule has 2 aromatic rings. The topological polar surface area (TPSA) is 81.4 Å². The molecule has 2 rings (SSSR count). The minimum absolute atomic E-state index is 0.277. The Bertz CT molecular complexity index is 716. The van der Waals surface area contributed by atoms with E-state index < -0.39 is 5.91 Å². The summed E-state index contributed by atoms with van der Waals surface area (Å²) in [6.07, 6.45) is 0.373. The van der Waals surface area contributed by atoms with Gasteiger partial charge in [-0.2, -0.15) is 0 Å². The molecule has 0 aliphatic rings. The molecule has 5 nitrogen and oxygen atoms in total. The molecule has 1 atom stereocenters. The van der Waals surface area contributed by atoms with Gasteiger partial charge in [0.15, 0.2) is 0 Å². The predicted octanol–water partition coefficient (Wildman–Crippen LogP) is 2.51. The van der Waals surface area contributed by atoms with Crippen LogP contribution in [0.25, 0.3) is 0 Å². The van der Waals surface area contributed by atoms with Crippen molar-refractivity contribution in [2.75, 3.05) is 6.54 Å². The number of nitrogens with two attached hydrogens (primary N) is 1. The number of nitrogens with one attached hydrogen (secondary N) is 1. The smallest absolute Gasteiger partial charge is 0.251 e. The Balaban J connectivity index is 1.92. The number of rotatable bonds is 7. The van der Waals surface area contributed by atoms with Crippen LogP contribution in [0.3, 0.4) is 0 Å². The molecule has 2 amide bonds. The Morgan fingerprint density at radius 2 is 1.83 bits per heavy atom. The van der Waals surface area contributed by atoms with E-state index in [2.05, 4.69) is 5.32 Å². The normalized spacial score (nSPS) is 11.6. The maximum atomic E-state index is 13.2. The number of benzene rings is 2. The van der Waals surface area contributed by atoms with E-state index in [9.17, 15) is 14.0 Å². The first-order valence-electron chi connectivity index (χ1n) is 7.60. The molecule has 0 aromatic heterocycles. The lowest BCUT2D eigenvalue weighted by atomic mass is 10.1. The maximum Gasteiger partial charge on any atom is 0.251 e. The van der Waals surface area contributed by atoms with Crippen molar-refractivity contribution in [3.05, 3.63) is 65.5 Å². The summed E-state index contributed by atoms with van der Waals surface area (Å²) in [5, 5.41) is 2.76. The van der Waals surface area contributed by atoms with Gasteiger partial charge in [-0.3, -0.25) is 9.59 Å². The number of primary amides is 1. The number of hydrogen-bond acceptors (Lipinski definition) is 3. The Morgan fingerprint density at radius 1 is 1.17 bits per heavy atom. The van der Waals surface area contributed by atoms with Crippen molar-refractivity contribution in [3.8, 4) is 5.75 Å². The summed E-state index contributed by atoms with van der Waals surface area (Å²) in [5.41, 5.74) is 5.91. The van der Waals surface area contributed by atoms with Gasteiger partial charge >= 0.3 is 0 Å². The Labute approximate surface area is 139 Å². The first-order valence-corrected chi connectivity index (χ1v) is 7.60. The average molecular weight is 330 g/mol. The molecule has 0 bridgehead atoms. The minimum Gasteiger partial charge on any atom is -0.489 e. The molecule has 0 aliphatic heterocycles. The first kappa shape index (κ1) is 17.5. The zero-order valence-corrected chi connectivity index (χ0v) is 13.3. The second-order valence-electron chi connectivity index (χ2n) is 5.26. The van der Waals surface area contributed by atoms with E-state index in [0.29, 0.717) is 23.3 Å². The molecular formula is C18H19FN2O3. The van der Waals surface area contributed by atoms with Gasteiger partial charge in [-0.1, -0.05) is 13.0 Å². The van der Waals surface area contributed by atoms with E-state index in [1.54, 1.807) is 12.1 Å². The third kappa shape index (κ3) is 4.81. The van der Waals surface area contributed by atoms with Gasteiger partial charge in [-0.05, 0) is 42.8 Å². The van der Waals surface area contributed by atoms with E-state index in [1.807, 2.05) is 6.92 Å². The highest BCUT2D eigenvalue weighted by molar-refractivity contribution is 5.97. The molecule has 0 fully saturated rings. The molecule has 126 valence electrons. The van der Waals surface area contributed by atoms with Crippen molar-refractivity contribution in [1.29, 1.82) is 0 Å². The molecule has 0 aliphatic carbocycles. The van der Waals surface area contributed by atoms with Gasteiger partial charge in [0, 0.05) is 17.2 Å². The maximum absolute atomic E-state index is 13.2. The average Bonchev–Trinajstić information content (AvgIpc) is 2.58. The zero-order chi connectivity index (χ0) is 17.5. The number of amides is 2. The molecule has 2 aromatic carbocycles. The summed E-state index contributed by atoms with van der Waals surface area (Å²) >= 11 is 0. The van der Waals surface area contributed by atoms with Gasteiger partial charge in [0.1, 0.15) is 17.7 Å². The molecule has 0 heterocycles. The first-order chi connectivity index (χ1) is 11.5. The van der Waals surface area contributed by atoms with Crippen LogP contribution in [-0.4, -0.2) is 24.5 Å². The number of hydrogen-bond donors (Lipinski definition) is 2. The highest BCUT2D eigenvalue weighted by atomic mass is 19.1. The number of carbonyl (C=O) groups excluding carboxylic acids is 2. The third-order valence-corrected chi connectivity index (χ3v) is 3.48. The largest absolute Gasteiger partial charge is 0.489 e. The van der Waals surface area contributed by atoms with Crippen molar-refractivity contribution in [1.82, 2.24) is 5.32 Å². The van der Waals surface area contributed by atoms with E-state index in [1.165, 1.54) is 36.4 Å². The molecule has 0 unspecified atom stereocenters. The molecule has 0 radical (unpaired) electrons. The molecule has 0 saturated heterocycles. The summed E-state index contributed by atoms with van der Waals surface area (Å²) in [6, 6.07) is 11.9. The molecule has 3 N–H and O–H groups in total. The third-order valence-electron chi connectivity index (χ3n) is 3.48. The van der Waals surface area contributed by atoms with Gasteiger partial charge in [-0.25, -0.2) is 4.39 Å². The molecule has 0 saturated carbocycles. The van der Waals surface area contributed by atoms with Crippen molar-refractivity contribution >= 4 is 11.8 Å². The van der Waals surface area contributed by atoms with Crippen LogP contribution in [0.2, 0.25) is 0 Å². The fourth-order valence-corrected chi connectivity index (χ4v) is 2.10. The van der Waals surface area contributed by atoms with Gasteiger partial charge in [0.05, 0.1) is 6.54 Å². The van der Waals surface area contributed by atoms with E-state index >= 15 is 0 Å². The molecular weight excluding hydrogens is 311 g/mol. The van der Waals surface area contributed by atoms with Crippen LogP contribution in [0.4, 0.5) is 4.39 Å². The van der Waals surface area contributed by atoms with Crippen LogP contribution in [0, 0.1) is 5.82 Å². The summed E-state index contributed by atoms with van der Waals surface area (Å²) < 4.78 is 18.8. The van der Waals surface area contributed by atoms with Gasteiger partial charge in [0.25, 0.3) is 5.91 Å². The van der Waals surface area contributed by atoms with Gasteiger partial charge in [-0.15, -0.1) is 0 Å². The van der Waals surface area contributed by atoms with Crippen molar-refractivity contribution in [2.45, 2.75) is 19.4 Å². The van der Waals surface area contributed by atoms with E-state index in [0.717, 1.165) is 0 Å². The fourth-order valence-electron chi connectivity index (χ4n) is 2.10. The van der Waals surface area contributed by atoms with E-state index in [4.69, 9.17) is 10.5 Å². The van der Waals surface area contributed by atoms with Crippen LogP contribution in [0.1, 0.15) is 34.1 Å². The quantitative estimate of drug-likeness (QED) is 0.818. The van der Waals surface area contributed by atoms with Gasteiger partial charge < -0.3 is 15.8 Å². The predicted molar refractivity (Wildman–Crippen MR) is 88.4 cm³/mol. The summed E-state index contributed by atoms with van der Waals surface area (Å²) in [5.74, 6) is -0.786. The second-order valence-corrected chi connectivity index (χ2v) is 5.26. The number of carbonyl (C=O) groups is 2. The molecule has 6 heteroatoms. The second kappa shape index (κ2) is 8.10. The van der Waals surface area contributed by atoms with Crippen molar-refractivity contribution in [2.24, 2.45) is 5.73 Å². The van der Waals surface area contributed by atoms with Crippen LogP contribution in [0.5, 0.6) is 5.75 Å².